The molecule has 0 aliphatic heterocycles. The number of alkyl halides is 1. The zero-order valence-electron chi connectivity index (χ0n) is 19.7. The molecule has 1 aromatic carbocycles. The summed E-state index contributed by atoms with van der Waals surface area (Å²) >= 11 is 15.6. The Labute approximate surface area is 228 Å². The molecule has 2 atom stereocenters. The van der Waals surface area contributed by atoms with Crippen LogP contribution < -0.4 is 5.32 Å². The first-order chi connectivity index (χ1) is 17.3. The fraction of sp³-hybridized carbons (Fsp3) is 0.423. The predicted molar refractivity (Wildman–Crippen MR) is 143 cm³/mol. The summed E-state index contributed by atoms with van der Waals surface area (Å²) in [4.78, 5) is 46.4. The average Bonchev–Trinajstić information content (AvgIpc) is 2.87. The van der Waals surface area contributed by atoms with Crippen molar-refractivity contribution in [2.24, 2.45) is 10.4 Å². The summed E-state index contributed by atoms with van der Waals surface area (Å²) in [6.45, 7) is 2.00. The minimum atomic E-state index is -0.762. The number of pyridine rings is 1. The number of aliphatic imine (C=N–C) groups is 1. The summed E-state index contributed by atoms with van der Waals surface area (Å²) in [5, 5.41) is 3.08. The molecule has 2 aliphatic carbocycles. The van der Waals surface area contributed by atoms with Gasteiger partial charge in [-0.3, -0.25) is 19.6 Å². The van der Waals surface area contributed by atoms with Crippen molar-refractivity contribution in [3.05, 3.63) is 57.8 Å². The third kappa shape index (κ3) is 5.36. The first-order valence-electron chi connectivity index (χ1n) is 11.9. The third-order valence-corrected chi connectivity index (χ3v) is 8.14. The number of Topliss-reactive ketones (excluding diaryl/α,β-unsaturated/α-hetero) is 1. The van der Waals surface area contributed by atoms with Gasteiger partial charge in [-0.15, -0.1) is 0 Å². The highest BCUT2D eigenvalue weighted by Crippen LogP contribution is 2.49. The Hall–Kier alpha value is -2.29. The number of hydrogen-bond donors (Lipinski definition) is 1. The quantitative estimate of drug-likeness (QED) is 0.320. The molecular formula is C26H26BrCl2N3O4. The second-order valence-corrected chi connectivity index (χ2v) is 10.7. The molecule has 4 rings (SSSR count). The molecule has 1 amide bonds. The van der Waals surface area contributed by atoms with Gasteiger partial charge in [-0.2, -0.15) is 0 Å². The number of hydrogen-bond acceptors (Lipinski definition) is 6. The van der Waals surface area contributed by atoms with E-state index in [1.165, 1.54) is 12.4 Å². The lowest BCUT2D eigenvalue weighted by molar-refractivity contribution is -0.144. The van der Waals surface area contributed by atoms with Crippen LogP contribution in [-0.4, -0.2) is 45.8 Å². The number of rotatable bonds is 7. The van der Waals surface area contributed by atoms with Gasteiger partial charge in [0.25, 0.3) is 5.91 Å². The molecular weight excluding hydrogens is 569 g/mol. The molecule has 2 saturated carbocycles. The van der Waals surface area contributed by atoms with Crippen LogP contribution in [0.5, 0.6) is 0 Å². The van der Waals surface area contributed by atoms with Crippen molar-refractivity contribution in [1.82, 2.24) is 4.98 Å². The largest absolute Gasteiger partial charge is 0.464 e. The highest BCUT2D eigenvalue weighted by Gasteiger charge is 2.58. The van der Waals surface area contributed by atoms with Gasteiger partial charge in [0.2, 0.25) is 0 Å². The Morgan fingerprint density at radius 2 is 1.81 bits per heavy atom. The number of nitrogens with one attached hydrogen (secondary N) is 1. The van der Waals surface area contributed by atoms with E-state index in [9.17, 15) is 14.4 Å². The van der Waals surface area contributed by atoms with Crippen molar-refractivity contribution in [2.75, 3.05) is 11.9 Å². The number of aromatic nitrogens is 1. The molecule has 2 fully saturated rings. The van der Waals surface area contributed by atoms with E-state index in [4.69, 9.17) is 32.9 Å². The molecule has 1 aromatic heterocycles. The number of halogens is 3. The fourth-order valence-electron chi connectivity index (χ4n) is 4.86. The van der Waals surface area contributed by atoms with Crippen LogP contribution in [0.2, 0.25) is 10.0 Å². The van der Waals surface area contributed by atoms with Crippen LogP contribution in [0.15, 0.2) is 41.7 Å². The van der Waals surface area contributed by atoms with Crippen LogP contribution in [0.4, 0.5) is 5.69 Å². The maximum atomic E-state index is 12.8. The monoisotopic (exact) mass is 593 g/mol. The number of ether oxygens (including phenoxy) is 1. The Morgan fingerprint density at radius 1 is 1.17 bits per heavy atom. The van der Waals surface area contributed by atoms with Gasteiger partial charge in [0.15, 0.2) is 11.8 Å². The zero-order valence-corrected chi connectivity index (χ0v) is 22.8. The van der Waals surface area contributed by atoms with Crippen molar-refractivity contribution in [2.45, 2.75) is 56.3 Å². The van der Waals surface area contributed by atoms with Gasteiger partial charge in [-0.05, 0) is 37.5 Å². The van der Waals surface area contributed by atoms with Gasteiger partial charge < -0.3 is 10.1 Å². The summed E-state index contributed by atoms with van der Waals surface area (Å²) in [7, 11) is 0. The lowest BCUT2D eigenvalue weighted by Gasteiger charge is -2.47. The second kappa shape index (κ2) is 11.4. The lowest BCUT2D eigenvalue weighted by Crippen LogP contribution is -2.61. The summed E-state index contributed by atoms with van der Waals surface area (Å²) in [5.41, 5.74) is 1.75. The molecule has 7 nitrogen and oxygen atoms in total. The van der Waals surface area contributed by atoms with Gasteiger partial charge >= 0.3 is 5.97 Å². The van der Waals surface area contributed by atoms with Crippen molar-refractivity contribution in [1.29, 1.82) is 0 Å². The lowest BCUT2D eigenvalue weighted by atomic mass is 9.58. The third-order valence-electron chi connectivity index (χ3n) is 6.71. The normalized spacial score (nSPS) is 20.6. The van der Waals surface area contributed by atoms with Gasteiger partial charge in [-0.1, -0.05) is 70.5 Å². The molecule has 190 valence electrons. The SMILES string of the molecule is CCOC(=O)[C@H](Cc1ccc(NC(=O)c2c(Cl)cncc2Cl)cc1)N=C1C(Br)C(=O)C12CCCCC2. The number of benzene rings is 1. The molecule has 1 spiro atoms. The standard InChI is InChI=1S/C26H26BrCl2N3O4/c1-2-36-25(35)19(32-22-21(27)23(33)26(22)10-4-3-5-11-26)12-15-6-8-16(9-7-15)31-24(34)20-17(28)13-30-14-18(20)29/h6-9,13-14,19,21H,2-5,10-12H2,1H3,(H,31,34)/t19-,21?/m0/s1. The van der Waals surface area contributed by atoms with E-state index in [2.05, 4.69) is 26.2 Å². The highest BCUT2D eigenvalue weighted by atomic mass is 79.9. The molecule has 2 aromatic rings. The topological polar surface area (TPSA) is 97.7 Å². The summed E-state index contributed by atoms with van der Waals surface area (Å²) in [5.74, 6) is -0.709. The van der Waals surface area contributed by atoms with Gasteiger partial charge in [0.1, 0.15) is 4.83 Å². The van der Waals surface area contributed by atoms with Crippen LogP contribution in [0, 0.1) is 5.41 Å². The first-order valence-corrected chi connectivity index (χ1v) is 13.6. The Bertz CT molecular complexity index is 1180. The fourth-order valence-corrected chi connectivity index (χ4v) is 6.39. The Morgan fingerprint density at radius 3 is 2.42 bits per heavy atom. The molecule has 2 aliphatic rings. The van der Waals surface area contributed by atoms with Gasteiger partial charge in [0.05, 0.1) is 27.6 Å². The summed E-state index contributed by atoms with van der Waals surface area (Å²) in [6, 6.07) is 6.32. The number of amides is 1. The van der Waals surface area contributed by atoms with Crippen molar-refractivity contribution >= 4 is 68.2 Å². The van der Waals surface area contributed by atoms with Crippen LogP contribution in [0.3, 0.4) is 0 Å². The summed E-state index contributed by atoms with van der Waals surface area (Å²) in [6.07, 6.45) is 7.65. The van der Waals surface area contributed by atoms with Crippen LogP contribution in [0.25, 0.3) is 0 Å². The highest BCUT2D eigenvalue weighted by molar-refractivity contribution is 9.10. The van der Waals surface area contributed by atoms with Crippen molar-refractivity contribution < 1.29 is 19.1 Å². The van der Waals surface area contributed by atoms with E-state index in [1.807, 2.05) is 12.1 Å². The van der Waals surface area contributed by atoms with E-state index >= 15 is 0 Å². The maximum absolute atomic E-state index is 12.8. The minimum absolute atomic E-state index is 0.145. The number of ketones is 1. The van der Waals surface area contributed by atoms with Crippen LogP contribution in [0.1, 0.15) is 54.9 Å². The predicted octanol–water partition coefficient (Wildman–Crippen LogP) is 5.85. The van der Waals surface area contributed by atoms with E-state index < -0.39 is 28.2 Å². The Balaban J connectivity index is 1.51. The number of carbonyl (C=O) groups is 3. The summed E-state index contributed by atoms with van der Waals surface area (Å²) < 4.78 is 5.30. The van der Waals surface area contributed by atoms with Gasteiger partial charge in [-0.25, -0.2) is 4.79 Å². The second-order valence-electron chi connectivity index (χ2n) is 8.99. The van der Waals surface area contributed by atoms with Crippen molar-refractivity contribution in [3.63, 3.8) is 0 Å². The Kier molecular flexibility index (Phi) is 8.48. The molecule has 10 heteroatoms. The molecule has 1 N–H and O–H groups in total. The smallest absolute Gasteiger partial charge is 0.331 e. The first kappa shape index (κ1) is 26.8. The molecule has 1 heterocycles. The van der Waals surface area contributed by atoms with E-state index in [0.29, 0.717) is 12.1 Å². The average molecular weight is 595 g/mol. The number of nitrogens with zero attached hydrogens (tertiary/aromatic N) is 2. The molecule has 0 radical (unpaired) electrons. The van der Waals surface area contributed by atoms with Crippen molar-refractivity contribution in [3.8, 4) is 0 Å². The van der Waals surface area contributed by atoms with E-state index in [1.54, 1.807) is 19.1 Å². The van der Waals surface area contributed by atoms with Crippen LogP contribution in [-0.2, 0) is 20.7 Å². The number of anilines is 1. The minimum Gasteiger partial charge on any atom is -0.464 e. The molecule has 36 heavy (non-hydrogen) atoms. The van der Waals surface area contributed by atoms with E-state index in [-0.39, 0.29) is 28.0 Å². The number of esters is 1. The zero-order chi connectivity index (χ0) is 25.9. The molecule has 1 unspecified atom stereocenters. The molecule has 0 saturated heterocycles. The maximum Gasteiger partial charge on any atom is 0.331 e. The van der Waals surface area contributed by atoms with E-state index in [0.717, 1.165) is 43.4 Å². The molecule has 0 bridgehead atoms. The van der Waals surface area contributed by atoms with Crippen LogP contribution >= 0.6 is 39.1 Å². The number of carbonyl (C=O) groups excluding carboxylic acids is 3. The van der Waals surface area contributed by atoms with Gasteiger partial charge in [0, 0.05) is 30.2 Å².